The Bertz CT molecular complexity index is 719. The molecule has 3 rings (SSSR count). The third-order valence-corrected chi connectivity index (χ3v) is 4.27. The van der Waals surface area contributed by atoms with E-state index in [2.05, 4.69) is 25.0 Å². The van der Waals surface area contributed by atoms with Gasteiger partial charge in [0.2, 0.25) is 5.89 Å². The molecule has 2 aromatic rings. The number of aromatic nitrogens is 4. The minimum absolute atomic E-state index is 0.0535. The Morgan fingerprint density at radius 3 is 2.84 bits per heavy atom. The van der Waals surface area contributed by atoms with Gasteiger partial charge in [0.05, 0.1) is 6.54 Å². The maximum Gasteiger partial charge on any atom is 0.433 e. The molecule has 10 heteroatoms. The number of likely N-dealkylation sites (tertiary alicyclic amines) is 1. The first-order chi connectivity index (χ1) is 11.8. The second-order valence-corrected chi connectivity index (χ2v) is 6.13. The molecule has 0 radical (unpaired) electrons. The number of aryl methyl sites for hydroxylation is 1. The van der Waals surface area contributed by atoms with E-state index >= 15 is 0 Å². The number of piperidine rings is 1. The van der Waals surface area contributed by atoms with Crippen molar-refractivity contribution in [2.45, 2.75) is 38.5 Å². The van der Waals surface area contributed by atoms with E-state index in [9.17, 15) is 13.2 Å². The van der Waals surface area contributed by atoms with Crippen LogP contribution in [0.15, 0.2) is 16.9 Å². The molecule has 7 nitrogen and oxygen atoms in total. The zero-order chi connectivity index (χ0) is 18.0. The van der Waals surface area contributed by atoms with Crippen molar-refractivity contribution in [2.75, 3.05) is 25.0 Å². The molecule has 1 unspecified atom stereocenters. The summed E-state index contributed by atoms with van der Waals surface area (Å²) in [7, 11) is 1.76. The van der Waals surface area contributed by atoms with Gasteiger partial charge in [-0.3, -0.25) is 4.90 Å². The van der Waals surface area contributed by atoms with E-state index in [1.165, 1.54) is 0 Å². The Balaban J connectivity index is 1.68. The lowest BCUT2D eigenvalue weighted by Crippen LogP contribution is -2.46. The van der Waals surface area contributed by atoms with Crippen molar-refractivity contribution >= 4 is 5.82 Å². The summed E-state index contributed by atoms with van der Waals surface area (Å²) in [5.74, 6) is 1.40. The number of alkyl halides is 3. The molecule has 25 heavy (non-hydrogen) atoms. The molecule has 1 saturated heterocycles. The molecule has 2 aromatic heterocycles. The molecule has 0 aliphatic carbocycles. The number of hydrogen-bond donors (Lipinski definition) is 0. The molecule has 0 spiro atoms. The fraction of sp³-hybridized carbons (Fsp3) is 0.600. The molecule has 1 atom stereocenters. The van der Waals surface area contributed by atoms with Gasteiger partial charge in [-0.2, -0.15) is 18.2 Å². The number of anilines is 1. The average Bonchev–Trinajstić information content (AvgIpc) is 2.98. The predicted octanol–water partition coefficient (Wildman–Crippen LogP) is 2.29. The van der Waals surface area contributed by atoms with Crippen LogP contribution >= 0.6 is 0 Å². The molecular weight excluding hydrogens is 337 g/mol. The van der Waals surface area contributed by atoms with E-state index in [0.717, 1.165) is 31.8 Å². The summed E-state index contributed by atoms with van der Waals surface area (Å²) in [4.78, 5) is 15.5. The van der Waals surface area contributed by atoms with Crippen LogP contribution in [0.1, 0.15) is 30.3 Å². The first-order valence-corrected chi connectivity index (χ1v) is 7.96. The van der Waals surface area contributed by atoms with E-state index in [0.29, 0.717) is 24.8 Å². The van der Waals surface area contributed by atoms with Gasteiger partial charge in [0.1, 0.15) is 17.8 Å². The van der Waals surface area contributed by atoms with Gasteiger partial charge in [0.25, 0.3) is 0 Å². The van der Waals surface area contributed by atoms with Crippen molar-refractivity contribution < 1.29 is 17.7 Å². The lowest BCUT2D eigenvalue weighted by molar-refractivity contribution is -0.141. The summed E-state index contributed by atoms with van der Waals surface area (Å²) in [6.45, 7) is 3.86. The highest BCUT2D eigenvalue weighted by Crippen LogP contribution is 2.29. The van der Waals surface area contributed by atoms with Crippen LogP contribution in [0.25, 0.3) is 0 Å². The van der Waals surface area contributed by atoms with Crippen molar-refractivity contribution in [1.82, 2.24) is 25.0 Å². The third kappa shape index (κ3) is 4.25. The van der Waals surface area contributed by atoms with E-state index in [-0.39, 0.29) is 11.9 Å². The lowest BCUT2D eigenvalue weighted by Gasteiger charge is -2.37. The van der Waals surface area contributed by atoms with Gasteiger partial charge < -0.3 is 9.42 Å². The Hall–Kier alpha value is -2.23. The van der Waals surface area contributed by atoms with Gasteiger partial charge in [-0.25, -0.2) is 9.97 Å². The van der Waals surface area contributed by atoms with Crippen LogP contribution in [0.3, 0.4) is 0 Å². The quantitative estimate of drug-likeness (QED) is 0.832. The number of nitrogens with zero attached hydrogens (tertiary/aromatic N) is 6. The maximum absolute atomic E-state index is 12.8. The molecule has 0 N–H and O–H groups in total. The standard InChI is InChI=1S/C15H19F3N6O/c1-10-21-13(22-25-10)8-24-5-3-4-11(7-24)23(2)14-6-12(15(16,17)18)19-9-20-14/h6,9,11H,3-5,7-8H2,1-2H3. The summed E-state index contributed by atoms with van der Waals surface area (Å²) in [5.41, 5.74) is -0.931. The van der Waals surface area contributed by atoms with Crippen molar-refractivity contribution in [3.8, 4) is 0 Å². The van der Waals surface area contributed by atoms with Crippen LogP contribution in [0.4, 0.5) is 19.0 Å². The topological polar surface area (TPSA) is 71.2 Å². The van der Waals surface area contributed by atoms with Crippen LogP contribution < -0.4 is 4.90 Å². The smallest absolute Gasteiger partial charge is 0.355 e. The van der Waals surface area contributed by atoms with Crippen molar-refractivity contribution in [3.63, 3.8) is 0 Å². The zero-order valence-corrected chi connectivity index (χ0v) is 14.0. The zero-order valence-electron chi connectivity index (χ0n) is 14.0. The van der Waals surface area contributed by atoms with Gasteiger partial charge in [-0.05, 0) is 19.4 Å². The average molecular weight is 356 g/mol. The molecule has 0 aromatic carbocycles. The fourth-order valence-corrected chi connectivity index (χ4v) is 2.98. The second kappa shape index (κ2) is 6.95. The van der Waals surface area contributed by atoms with Crippen molar-refractivity contribution in [1.29, 1.82) is 0 Å². The highest BCUT2D eigenvalue weighted by atomic mass is 19.4. The maximum atomic E-state index is 12.8. The Labute approximate surface area is 142 Å². The summed E-state index contributed by atoms with van der Waals surface area (Å²) in [5, 5.41) is 3.89. The van der Waals surface area contributed by atoms with Gasteiger partial charge in [-0.1, -0.05) is 5.16 Å². The highest BCUT2D eigenvalue weighted by Gasteiger charge is 2.34. The normalized spacial score (nSPS) is 19.2. The van der Waals surface area contributed by atoms with E-state index in [1.54, 1.807) is 18.9 Å². The molecule has 1 aliphatic heterocycles. The molecule has 136 valence electrons. The fourth-order valence-electron chi connectivity index (χ4n) is 2.98. The van der Waals surface area contributed by atoms with Gasteiger partial charge in [-0.15, -0.1) is 0 Å². The predicted molar refractivity (Wildman–Crippen MR) is 82.8 cm³/mol. The van der Waals surface area contributed by atoms with Gasteiger partial charge in [0, 0.05) is 32.6 Å². The molecule has 0 saturated carbocycles. The Morgan fingerprint density at radius 1 is 1.36 bits per heavy atom. The first-order valence-electron chi connectivity index (χ1n) is 7.96. The molecule has 0 bridgehead atoms. The molecular formula is C15H19F3N6O. The van der Waals surface area contributed by atoms with Crippen LogP contribution in [-0.2, 0) is 12.7 Å². The largest absolute Gasteiger partial charge is 0.433 e. The molecule has 1 fully saturated rings. The van der Waals surface area contributed by atoms with E-state index < -0.39 is 11.9 Å². The van der Waals surface area contributed by atoms with Crippen LogP contribution in [0.5, 0.6) is 0 Å². The first kappa shape index (κ1) is 17.6. The highest BCUT2D eigenvalue weighted by molar-refractivity contribution is 5.40. The molecule has 3 heterocycles. The van der Waals surface area contributed by atoms with Crippen LogP contribution in [0, 0.1) is 6.92 Å². The van der Waals surface area contributed by atoms with E-state index in [4.69, 9.17) is 4.52 Å². The lowest BCUT2D eigenvalue weighted by atomic mass is 10.0. The SMILES string of the molecule is Cc1nc(CN2CCCC(N(C)c3cc(C(F)(F)F)ncn3)C2)no1. The minimum Gasteiger partial charge on any atom is -0.355 e. The summed E-state index contributed by atoms with van der Waals surface area (Å²) < 4.78 is 43.5. The summed E-state index contributed by atoms with van der Waals surface area (Å²) >= 11 is 0. The summed E-state index contributed by atoms with van der Waals surface area (Å²) in [6, 6.07) is 1.04. The van der Waals surface area contributed by atoms with Gasteiger partial charge in [0.15, 0.2) is 5.82 Å². The molecule has 1 aliphatic rings. The van der Waals surface area contributed by atoms with Crippen LogP contribution in [-0.4, -0.2) is 51.2 Å². The number of halogens is 3. The monoisotopic (exact) mass is 356 g/mol. The minimum atomic E-state index is -4.48. The van der Waals surface area contributed by atoms with Crippen molar-refractivity contribution in [3.05, 3.63) is 29.8 Å². The number of hydrogen-bond acceptors (Lipinski definition) is 7. The Morgan fingerprint density at radius 2 is 2.16 bits per heavy atom. The Kier molecular flexibility index (Phi) is 4.89. The van der Waals surface area contributed by atoms with Crippen LogP contribution in [0.2, 0.25) is 0 Å². The van der Waals surface area contributed by atoms with E-state index in [1.807, 2.05) is 0 Å². The number of likely N-dealkylation sites (N-methyl/N-ethyl adjacent to an activating group) is 1. The van der Waals surface area contributed by atoms with Gasteiger partial charge >= 0.3 is 6.18 Å². The second-order valence-electron chi connectivity index (χ2n) is 6.13. The third-order valence-electron chi connectivity index (χ3n) is 4.27. The number of rotatable bonds is 4. The molecule has 0 amide bonds. The summed E-state index contributed by atoms with van der Waals surface area (Å²) in [6.07, 6.45) is -1.71. The van der Waals surface area contributed by atoms with Crippen molar-refractivity contribution in [2.24, 2.45) is 0 Å².